The molecule has 2 fully saturated rings. The fourth-order valence-electron chi connectivity index (χ4n) is 2.21. The zero-order chi connectivity index (χ0) is 6.97. The number of aliphatic hydroxyl groups is 1. The third-order valence-electron chi connectivity index (χ3n) is 3.01. The maximum Gasteiger partial charge on any atom is 0.0543 e. The molecule has 0 aliphatic heterocycles. The summed E-state index contributed by atoms with van der Waals surface area (Å²) in [6, 6.07) is 0. The number of aliphatic hydroxyl groups excluding tert-OH is 1. The first-order chi connectivity index (χ1) is 4.86. The lowest BCUT2D eigenvalue weighted by atomic mass is 9.99. The van der Waals surface area contributed by atoms with Crippen LogP contribution >= 0.6 is 0 Å². The number of fused-ring (bicyclic) bond motifs is 1. The zero-order valence-corrected chi connectivity index (χ0v) is 6.42. The van der Waals surface area contributed by atoms with E-state index in [1.54, 1.807) is 0 Å². The first-order valence-corrected chi connectivity index (χ1v) is 4.54. The zero-order valence-electron chi connectivity index (χ0n) is 6.42. The summed E-state index contributed by atoms with van der Waals surface area (Å²) in [6.07, 6.45) is 7.67. The first kappa shape index (κ1) is 6.66. The Morgan fingerprint density at radius 1 is 0.900 bits per heavy atom. The number of hydrogen-bond donors (Lipinski definition) is 1. The third kappa shape index (κ3) is 1.34. The van der Waals surface area contributed by atoms with Crippen molar-refractivity contribution in [2.75, 3.05) is 0 Å². The highest BCUT2D eigenvalue weighted by Crippen LogP contribution is 2.47. The Morgan fingerprint density at radius 2 is 1.70 bits per heavy atom. The average molecular weight is 140 g/mol. The van der Waals surface area contributed by atoms with Crippen molar-refractivity contribution in [1.82, 2.24) is 0 Å². The number of hydrogen-bond acceptors (Lipinski definition) is 1. The van der Waals surface area contributed by atoms with Gasteiger partial charge in [-0.2, -0.15) is 0 Å². The summed E-state index contributed by atoms with van der Waals surface area (Å²) in [4.78, 5) is 0. The molecule has 0 spiro atoms. The Hall–Kier alpha value is -0.0400. The number of rotatable bonds is 0. The normalized spacial score (nSPS) is 47.1. The second kappa shape index (κ2) is 2.54. The van der Waals surface area contributed by atoms with Gasteiger partial charge >= 0.3 is 0 Å². The van der Waals surface area contributed by atoms with E-state index in [2.05, 4.69) is 0 Å². The Balaban J connectivity index is 1.85. The van der Waals surface area contributed by atoms with Gasteiger partial charge < -0.3 is 5.11 Å². The van der Waals surface area contributed by atoms with Crippen LogP contribution in [-0.4, -0.2) is 11.2 Å². The van der Waals surface area contributed by atoms with Crippen molar-refractivity contribution in [2.45, 2.75) is 44.6 Å². The second-order valence-corrected chi connectivity index (χ2v) is 3.93. The van der Waals surface area contributed by atoms with Crippen molar-refractivity contribution in [3.05, 3.63) is 0 Å². The molecule has 1 N–H and O–H groups in total. The molecule has 0 radical (unpaired) electrons. The van der Waals surface area contributed by atoms with Crippen molar-refractivity contribution in [2.24, 2.45) is 11.8 Å². The molecule has 0 saturated heterocycles. The van der Waals surface area contributed by atoms with Crippen molar-refractivity contribution in [3.8, 4) is 0 Å². The van der Waals surface area contributed by atoms with Gasteiger partial charge in [-0.05, 0) is 31.1 Å². The summed E-state index contributed by atoms with van der Waals surface area (Å²) in [5.74, 6) is 1.92. The minimum atomic E-state index is 0.0373. The molecular formula is C9H16O. The molecule has 2 rings (SSSR count). The molecule has 0 amide bonds. The molecule has 0 aromatic heterocycles. The molecule has 1 nitrogen and oxygen atoms in total. The van der Waals surface area contributed by atoms with Gasteiger partial charge in [0.15, 0.2) is 0 Å². The van der Waals surface area contributed by atoms with E-state index in [4.69, 9.17) is 0 Å². The van der Waals surface area contributed by atoms with Crippen LogP contribution < -0.4 is 0 Å². The predicted molar refractivity (Wildman–Crippen MR) is 40.7 cm³/mol. The van der Waals surface area contributed by atoms with Gasteiger partial charge in [0.25, 0.3) is 0 Å². The van der Waals surface area contributed by atoms with E-state index in [-0.39, 0.29) is 6.10 Å². The predicted octanol–water partition coefficient (Wildman–Crippen LogP) is 1.95. The lowest BCUT2D eigenvalue weighted by Crippen LogP contribution is -2.09. The van der Waals surface area contributed by atoms with Gasteiger partial charge in [-0.3, -0.25) is 0 Å². The molecule has 0 aromatic carbocycles. The Bertz CT molecular complexity index is 122. The second-order valence-electron chi connectivity index (χ2n) is 3.93. The largest absolute Gasteiger partial charge is 0.393 e. The van der Waals surface area contributed by atoms with Crippen LogP contribution in [0.5, 0.6) is 0 Å². The first-order valence-electron chi connectivity index (χ1n) is 4.54. The van der Waals surface area contributed by atoms with Crippen LogP contribution in [-0.2, 0) is 0 Å². The molecule has 10 heavy (non-hydrogen) atoms. The monoisotopic (exact) mass is 140 g/mol. The minimum absolute atomic E-state index is 0.0373. The summed E-state index contributed by atoms with van der Waals surface area (Å²) in [5, 5.41) is 9.41. The van der Waals surface area contributed by atoms with Crippen LogP contribution in [0, 0.1) is 11.8 Å². The average Bonchev–Trinajstić information content (AvgIpc) is 2.54. The lowest BCUT2D eigenvalue weighted by molar-refractivity contribution is 0.137. The summed E-state index contributed by atoms with van der Waals surface area (Å²) in [5.41, 5.74) is 0. The van der Waals surface area contributed by atoms with Gasteiger partial charge in [-0.1, -0.05) is 19.3 Å². The molecule has 2 aliphatic rings. The van der Waals surface area contributed by atoms with Crippen molar-refractivity contribution < 1.29 is 5.11 Å². The fraction of sp³-hybridized carbons (Fsp3) is 1.00. The van der Waals surface area contributed by atoms with Gasteiger partial charge in [0.2, 0.25) is 0 Å². The third-order valence-corrected chi connectivity index (χ3v) is 3.01. The van der Waals surface area contributed by atoms with E-state index >= 15 is 0 Å². The molecule has 3 atom stereocenters. The smallest absolute Gasteiger partial charge is 0.0543 e. The highest BCUT2D eigenvalue weighted by atomic mass is 16.3. The Labute approximate surface area is 62.4 Å². The SMILES string of the molecule is OC1CCCC[C@@H]2C[C@@H]2C1. The van der Waals surface area contributed by atoms with Gasteiger partial charge in [-0.25, -0.2) is 0 Å². The van der Waals surface area contributed by atoms with E-state index in [9.17, 15) is 5.11 Å². The van der Waals surface area contributed by atoms with Crippen molar-refractivity contribution >= 4 is 0 Å². The van der Waals surface area contributed by atoms with Crippen LogP contribution in [0.1, 0.15) is 38.5 Å². The van der Waals surface area contributed by atoms with Crippen molar-refractivity contribution in [1.29, 1.82) is 0 Å². The molecule has 0 bridgehead atoms. The summed E-state index contributed by atoms with van der Waals surface area (Å²) in [7, 11) is 0. The topological polar surface area (TPSA) is 20.2 Å². The molecule has 1 unspecified atom stereocenters. The van der Waals surface area contributed by atoms with E-state index in [0.717, 1.165) is 24.7 Å². The van der Waals surface area contributed by atoms with Gasteiger partial charge in [0, 0.05) is 0 Å². The van der Waals surface area contributed by atoms with E-state index < -0.39 is 0 Å². The highest BCUT2D eigenvalue weighted by Gasteiger charge is 2.38. The van der Waals surface area contributed by atoms with Crippen LogP contribution in [0.2, 0.25) is 0 Å². The minimum Gasteiger partial charge on any atom is -0.393 e. The molecule has 58 valence electrons. The van der Waals surface area contributed by atoms with Crippen LogP contribution in [0.25, 0.3) is 0 Å². The molecule has 1 heteroatoms. The van der Waals surface area contributed by atoms with E-state index in [1.807, 2.05) is 0 Å². The summed E-state index contributed by atoms with van der Waals surface area (Å²) >= 11 is 0. The quantitative estimate of drug-likeness (QED) is 0.545. The molecule has 2 aliphatic carbocycles. The fourth-order valence-corrected chi connectivity index (χ4v) is 2.21. The maximum absolute atomic E-state index is 9.41. The summed E-state index contributed by atoms with van der Waals surface area (Å²) in [6.45, 7) is 0. The van der Waals surface area contributed by atoms with Gasteiger partial charge in [0.1, 0.15) is 0 Å². The maximum atomic E-state index is 9.41. The Kier molecular flexibility index (Phi) is 1.69. The standard InChI is InChI=1S/C9H16O/c10-9-4-2-1-3-7-5-8(7)6-9/h7-10H,1-6H2/t7-,8-,9?/m1/s1. The molecule has 0 aromatic rings. The van der Waals surface area contributed by atoms with Gasteiger partial charge in [0.05, 0.1) is 6.10 Å². The van der Waals surface area contributed by atoms with E-state index in [1.165, 1.54) is 25.7 Å². The molecule has 2 saturated carbocycles. The van der Waals surface area contributed by atoms with Crippen molar-refractivity contribution in [3.63, 3.8) is 0 Å². The molecule has 0 heterocycles. The van der Waals surface area contributed by atoms with Crippen LogP contribution in [0.3, 0.4) is 0 Å². The van der Waals surface area contributed by atoms with Gasteiger partial charge in [-0.15, -0.1) is 0 Å². The summed E-state index contributed by atoms with van der Waals surface area (Å²) < 4.78 is 0. The molecular weight excluding hydrogens is 124 g/mol. The van der Waals surface area contributed by atoms with E-state index in [0.29, 0.717) is 0 Å². The van der Waals surface area contributed by atoms with Crippen LogP contribution in [0.15, 0.2) is 0 Å². The highest BCUT2D eigenvalue weighted by molar-refractivity contribution is 4.89. The lowest BCUT2D eigenvalue weighted by Gasteiger charge is -2.12. The Morgan fingerprint density at radius 3 is 2.60 bits per heavy atom. The van der Waals surface area contributed by atoms with Crippen LogP contribution in [0.4, 0.5) is 0 Å².